The smallest absolute Gasteiger partial charge is 0.333 e. The van der Waals surface area contributed by atoms with Crippen LogP contribution in [0.4, 0.5) is 0 Å². The van der Waals surface area contributed by atoms with Crippen molar-refractivity contribution in [1.82, 2.24) is 0 Å². The number of carbonyl (C=O) groups excluding carboxylic acids is 2. The summed E-state index contributed by atoms with van der Waals surface area (Å²) in [4.78, 5) is 23.7. The first-order chi connectivity index (χ1) is 13.8. The zero-order valence-corrected chi connectivity index (χ0v) is 15.6. The summed E-state index contributed by atoms with van der Waals surface area (Å²) in [7, 11) is 0. The molecule has 1 aromatic rings. The molecule has 0 bridgehead atoms. The second kappa shape index (κ2) is 10.8. The first-order valence-electron chi connectivity index (χ1n) is 8.92. The molecule has 1 saturated heterocycles. The molecule has 0 amide bonds. The van der Waals surface area contributed by atoms with Gasteiger partial charge in [-0.25, -0.2) is 9.59 Å². The van der Waals surface area contributed by atoms with Gasteiger partial charge in [0.15, 0.2) is 0 Å². The van der Waals surface area contributed by atoms with Crippen LogP contribution in [0.15, 0.2) is 48.6 Å². The summed E-state index contributed by atoms with van der Waals surface area (Å²) < 4.78 is 15.2. The molecule has 1 heterocycles. The van der Waals surface area contributed by atoms with E-state index in [2.05, 4.69) is 6.58 Å². The fraction of sp³-hybridized carbons (Fsp3) is 0.400. The lowest BCUT2D eigenvalue weighted by Crippen LogP contribution is -2.59. The Balaban J connectivity index is 1.95. The van der Waals surface area contributed by atoms with Crippen molar-refractivity contribution in [3.05, 3.63) is 54.1 Å². The molecule has 1 aliphatic rings. The van der Waals surface area contributed by atoms with Gasteiger partial charge in [-0.2, -0.15) is 0 Å². The van der Waals surface area contributed by atoms with E-state index in [1.54, 1.807) is 24.3 Å². The summed E-state index contributed by atoms with van der Waals surface area (Å²) >= 11 is 0. The first kappa shape index (κ1) is 22.7. The first-order valence-corrected chi connectivity index (χ1v) is 8.92. The maximum absolute atomic E-state index is 12.0. The number of rotatable bonds is 8. The number of hydrogen-bond acceptors (Lipinski definition) is 9. The van der Waals surface area contributed by atoms with Crippen LogP contribution in [-0.2, 0) is 23.8 Å². The molecule has 4 N–H and O–H groups in total. The fourth-order valence-electron chi connectivity index (χ4n) is 2.53. The monoisotopic (exact) mass is 408 g/mol. The van der Waals surface area contributed by atoms with Crippen molar-refractivity contribution in [2.24, 2.45) is 0 Å². The van der Waals surface area contributed by atoms with E-state index in [1.165, 1.54) is 6.08 Å². The zero-order valence-electron chi connectivity index (χ0n) is 15.6. The molecule has 1 aliphatic heterocycles. The van der Waals surface area contributed by atoms with Gasteiger partial charge in [-0.05, 0) is 11.6 Å². The van der Waals surface area contributed by atoms with Crippen molar-refractivity contribution in [3.63, 3.8) is 0 Å². The molecule has 0 unspecified atom stereocenters. The van der Waals surface area contributed by atoms with Crippen molar-refractivity contribution in [2.75, 3.05) is 13.2 Å². The van der Waals surface area contributed by atoms with Crippen LogP contribution < -0.4 is 0 Å². The average molecular weight is 408 g/mol. The van der Waals surface area contributed by atoms with Crippen LogP contribution in [0.2, 0.25) is 0 Å². The van der Waals surface area contributed by atoms with Crippen molar-refractivity contribution in [3.8, 4) is 0 Å². The van der Waals surface area contributed by atoms with Crippen molar-refractivity contribution in [2.45, 2.75) is 37.1 Å². The molecule has 29 heavy (non-hydrogen) atoms. The van der Waals surface area contributed by atoms with Gasteiger partial charge < -0.3 is 34.6 Å². The Morgan fingerprint density at radius 1 is 1.10 bits per heavy atom. The third kappa shape index (κ3) is 6.48. The van der Waals surface area contributed by atoms with E-state index < -0.39 is 49.3 Å². The molecule has 0 spiro atoms. The molecular weight excluding hydrogens is 384 g/mol. The van der Waals surface area contributed by atoms with Crippen LogP contribution in [0, 0.1) is 0 Å². The van der Waals surface area contributed by atoms with E-state index in [0.717, 1.165) is 11.6 Å². The van der Waals surface area contributed by atoms with Gasteiger partial charge >= 0.3 is 11.9 Å². The summed E-state index contributed by atoms with van der Waals surface area (Å²) in [6.45, 7) is 2.68. The summed E-state index contributed by atoms with van der Waals surface area (Å²) in [5.74, 6) is -1.65. The minimum atomic E-state index is -1.70. The minimum absolute atomic E-state index is 0.0161. The number of carbonyl (C=O) groups is 2. The predicted octanol–water partition coefficient (Wildman–Crippen LogP) is -0.468. The molecule has 2 rings (SSSR count). The number of aliphatic hydroxyl groups excluding tert-OH is 4. The fourth-order valence-corrected chi connectivity index (χ4v) is 2.53. The Morgan fingerprint density at radius 3 is 2.45 bits per heavy atom. The zero-order chi connectivity index (χ0) is 21.4. The second-order valence-electron chi connectivity index (χ2n) is 6.37. The molecule has 0 aromatic heterocycles. The highest BCUT2D eigenvalue weighted by molar-refractivity contribution is 5.88. The molecule has 0 saturated carbocycles. The van der Waals surface area contributed by atoms with Crippen LogP contribution in [0.5, 0.6) is 0 Å². The van der Waals surface area contributed by atoms with Gasteiger partial charge in [0.2, 0.25) is 6.29 Å². The Bertz CT molecular complexity index is 731. The van der Waals surface area contributed by atoms with Crippen LogP contribution in [0.3, 0.4) is 0 Å². The largest absolute Gasteiger partial charge is 0.459 e. The van der Waals surface area contributed by atoms with E-state index >= 15 is 0 Å². The van der Waals surface area contributed by atoms with Gasteiger partial charge in [-0.3, -0.25) is 0 Å². The highest BCUT2D eigenvalue weighted by atomic mass is 16.7. The molecule has 9 nitrogen and oxygen atoms in total. The van der Waals surface area contributed by atoms with Gasteiger partial charge in [0, 0.05) is 24.7 Å². The highest BCUT2D eigenvalue weighted by Crippen LogP contribution is 2.23. The van der Waals surface area contributed by atoms with Gasteiger partial charge in [-0.1, -0.05) is 36.9 Å². The van der Waals surface area contributed by atoms with Crippen LogP contribution in [0.25, 0.3) is 6.08 Å². The second-order valence-corrected chi connectivity index (χ2v) is 6.37. The Morgan fingerprint density at radius 2 is 1.79 bits per heavy atom. The minimum Gasteiger partial charge on any atom is -0.459 e. The number of hydrogen-bond donors (Lipinski definition) is 4. The van der Waals surface area contributed by atoms with Gasteiger partial charge in [0.05, 0.1) is 0 Å². The topological polar surface area (TPSA) is 143 Å². The van der Waals surface area contributed by atoms with Crippen LogP contribution in [0.1, 0.15) is 12.0 Å². The van der Waals surface area contributed by atoms with E-state index in [4.69, 9.17) is 19.3 Å². The summed E-state index contributed by atoms with van der Waals surface area (Å²) in [5, 5.41) is 38.8. The molecule has 9 heteroatoms. The Kier molecular flexibility index (Phi) is 8.50. The standard InChI is InChI=1S/C20H24O9/c1-12(9-10-21)19(26)27-11-14-16(23)17(24)18(25)20(28-14)29-15(22)8-7-13-5-3-2-4-6-13/h2-8,14,16-18,20-21,23-25H,1,9-11H2/t14-,16-,17+,18-,20+/m1/s1. The van der Waals surface area contributed by atoms with Crippen molar-refractivity contribution in [1.29, 1.82) is 0 Å². The highest BCUT2D eigenvalue weighted by Gasteiger charge is 2.45. The maximum atomic E-state index is 12.0. The van der Waals surface area contributed by atoms with E-state index in [-0.39, 0.29) is 18.6 Å². The van der Waals surface area contributed by atoms with E-state index in [0.29, 0.717) is 0 Å². The van der Waals surface area contributed by atoms with Crippen LogP contribution >= 0.6 is 0 Å². The molecule has 1 fully saturated rings. The number of aliphatic hydroxyl groups is 4. The van der Waals surface area contributed by atoms with Gasteiger partial charge in [0.1, 0.15) is 31.0 Å². The summed E-state index contributed by atoms with van der Waals surface area (Å²) in [5.41, 5.74) is 0.769. The van der Waals surface area contributed by atoms with E-state index in [9.17, 15) is 24.9 Å². The lowest BCUT2D eigenvalue weighted by atomic mass is 9.99. The van der Waals surface area contributed by atoms with Gasteiger partial charge in [0.25, 0.3) is 0 Å². The number of benzene rings is 1. The molecule has 5 atom stereocenters. The third-order valence-corrected chi connectivity index (χ3v) is 4.19. The third-order valence-electron chi connectivity index (χ3n) is 4.19. The van der Waals surface area contributed by atoms with Crippen LogP contribution in [-0.4, -0.2) is 76.3 Å². The quantitative estimate of drug-likeness (QED) is 0.332. The molecule has 158 valence electrons. The lowest BCUT2D eigenvalue weighted by Gasteiger charge is -2.39. The average Bonchev–Trinajstić information content (AvgIpc) is 2.72. The normalized spacial score (nSPS) is 26.8. The number of ether oxygens (including phenoxy) is 3. The maximum Gasteiger partial charge on any atom is 0.333 e. The summed E-state index contributed by atoms with van der Waals surface area (Å²) in [6, 6.07) is 8.94. The van der Waals surface area contributed by atoms with Crippen molar-refractivity contribution >= 4 is 18.0 Å². The molecule has 0 radical (unpaired) electrons. The van der Waals surface area contributed by atoms with Crippen molar-refractivity contribution < 1.29 is 44.2 Å². The van der Waals surface area contributed by atoms with Gasteiger partial charge in [-0.15, -0.1) is 0 Å². The SMILES string of the molecule is C=C(CCO)C(=O)OC[C@H]1O[C@@H](OC(=O)C=Cc2ccccc2)[C@H](O)[C@@H](O)[C@@H]1O. The Hall–Kier alpha value is -2.56. The van der Waals surface area contributed by atoms with E-state index in [1.807, 2.05) is 6.07 Å². The summed E-state index contributed by atoms with van der Waals surface area (Å²) in [6.07, 6.45) is -5.17. The molecular formula is C20H24O9. The molecule has 0 aliphatic carbocycles. The number of esters is 2. The lowest BCUT2D eigenvalue weighted by molar-refractivity contribution is -0.291. The Labute approximate surface area is 167 Å². The molecule has 1 aromatic carbocycles. The predicted molar refractivity (Wildman–Crippen MR) is 100 cm³/mol.